The third-order valence-electron chi connectivity index (χ3n) is 3.65. The molecule has 0 radical (unpaired) electrons. The number of ether oxygens (including phenoxy) is 3. The Morgan fingerprint density at radius 2 is 1.96 bits per heavy atom. The molecule has 0 aromatic heterocycles. The van der Waals surface area contributed by atoms with Crippen molar-refractivity contribution in [3.63, 3.8) is 0 Å². The molecule has 0 spiro atoms. The fourth-order valence-electron chi connectivity index (χ4n) is 2.10. The number of guanidine groups is 1. The molecule has 1 aromatic carbocycles. The van der Waals surface area contributed by atoms with Gasteiger partial charge in [0.05, 0.1) is 18.8 Å². The fraction of sp³-hybridized carbons (Fsp3) is 0.529. The van der Waals surface area contributed by atoms with E-state index in [4.69, 9.17) is 20.9 Å². The molecule has 0 heterocycles. The zero-order chi connectivity index (χ0) is 18.9. The van der Waals surface area contributed by atoms with Gasteiger partial charge in [0.15, 0.2) is 17.5 Å². The van der Waals surface area contributed by atoms with Gasteiger partial charge in [-0.2, -0.15) is 8.78 Å². The summed E-state index contributed by atoms with van der Waals surface area (Å²) in [5.41, 5.74) is 10.6. The number of aliphatic imine (C=N–C) groups is 1. The number of carbonyl (C=O) groups excluding carboxylic acids is 1. The van der Waals surface area contributed by atoms with E-state index >= 15 is 0 Å². The zero-order valence-electron chi connectivity index (χ0n) is 14.7. The molecule has 2 rings (SSSR count). The van der Waals surface area contributed by atoms with Crippen LogP contribution in [-0.2, 0) is 4.74 Å². The summed E-state index contributed by atoms with van der Waals surface area (Å²) in [5.74, 6) is -0.109. The first kappa shape index (κ1) is 22.8. The molecule has 10 heteroatoms. The van der Waals surface area contributed by atoms with Gasteiger partial charge in [-0.1, -0.05) is 0 Å². The predicted octanol–water partition coefficient (Wildman–Crippen LogP) is 2.71. The van der Waals surface area contributed by atoms with Gasteiger partial charge in [0, 0.05) is 6.54 Å². The number of carbonyl (C=O) groups is 1. The molecule has 7 nitrogen and oxygen atoms in total. The molecule has 1 saturated carbocycles. The topological polar surface area (TPSA) is 109 Å². The van der Waals surface area contributed by atoms with Crippen molar-refractivity contribution in [1.29, 1.82) is 0 Å². The van der Waals surface area contributed by atoms with E-state index in [1.165, 1.54) is 18.2 Å². The van der Waals surface area contributed by atoms with Crippen LogP contribution in [0.5, 0.6) is 11.5 Å². The molecular formula is C17H24ClF2N3O4. The first-order valence-corrected chi connectivity index (χ1v) is 8.40. The minimum Gasteiger partial charge on any atom is -0.489 e. The molecule has 0 aliphatic heterocycles. The molecule has 1 aliphatic rings. The Hall–Kier alpha value is -2.29. The Bertz CT molecular complexity index is 639. The van der Waals surface area contributed by atoms with E-state index in [1.54, 1.807) is 0 Å². The monoisotopic (exact) mass is 407 g/mol. The maximum atomic E-state index is 12.5. The number of nitrogens with zero attached hydrogens (tertiary/aromatic N) is 1. The van der Waals surface area contributed by atoms with Crippen LogP contribution in [0.2, 0.25) is 0 Å². The fourth-order valence-corrected chi connectivity index (χ4v) is 2.10. The average Bonchev–Trinajstić information content (AvgIpc) is 3.40. The van der Waals surface area contributed by atoms with Crippen molar-refractivity contribution in [3.05, 3.63) is 23.8 Å². The number of hydrogen-bond acceptors (Lipinski definition) is 5. The molecule has 0 saturated heterocycles. The van der Waals surface area contributed by atoms with Crippen LogP contribution in [0, 0.1) is 5.92 Å². The molecule has 0 bridgehead atoms. The zero-order valence-corrected chi connectivity index (χ0v) is 15.6. The minimum atomic E-state index is -2.97. The lowest BCUT2D eigenvalue weighted by Gasteiger charge is -2.13. The van der Waals surface area contributed by atoms with E-state index in [9.17, 15) is 13.6 Å². The standard InChI is InChI=1S/C17H23F2N3O4.ClH/c18-16(19)26-13-6-5-12(9-14(13)25-10-11-3-4-11)15(23)24-8-2-1-7-22-17(20)21;/h5-6,9,11,16H,1-4,7-8,10H2,(H4,20,21,22);1H. The number of unbranched alkanes of at least 4 members (excludes halogenated alkanes) is 1. The van der Waals surface area contributed by atoms with Gasteiger partial charge in [-0.05, 0) is 49.8 Å². The molecule has 1 fully saturated rings. The van der Waals surface area contributed by atoms with Gasteiger partial charge < -0.3 is 25.7 Å². The van der Waals surface area contributed by atoms with Gasteiger partial charge >= 0.3 is 12.6 Å². The normalized spacial score (nSPS) is 12.9. The van der Waals surface area contributed by atoms with Crippen LogP contribution in [0.4, 0.5) is 8.78 Å². The molecule has 1 aromatic rings. The van der Waals surface area contributed by atoms with E-state index in [-0.39, 0.29) is 42.0 Å². The van der Waals surface area contributed by atoms with Crippen LogP contribution >= 0.6 is 12.4 Å². The quantitative estimate of drug-likeness (QED) is 0.252. The molecule has 152 valence electrons. The van der Waals surface area contributed by atoms with Crippen LogP contribution < -0.4 is 20.9 Å². The Morgan fingerprint density at radius 1 is 1.22 bits per heavy atom. The van der Waals surface area contributed by atoms with Crippen molar-refractivity contribution >= 4 is 24.3 Å². The van der Waals surface area contributed by atoms with Crippen molar-refractivity contribution in [2.45, 2.75) is 32.3 Å². The Labute approximate surface area is 162 Å². The number of esters is 1. The van der Waals surface area contributed by atoms with Gasteiger partial charge in [-0.15, -0.1) is 12.4 Å². The van der Waals surface area contributed by atoms with Crippen LogP contribution in [0.25, 0.3) is 0 Å². The van der Waals surface area contributed by atoms with E-state index in [2.05, 4.69) is 9.73 Å². The highest BCUT2D eigenvalue weighted by Gasteiger charge is 2.23. The van der Waals surface area contributed by atoms with Crippen LogP contribution in [-0.4, -0.2) is 38.3 Å². The molecule has 1 aliphatic carbocycles. The number of halogens is 3. The lowest BCUT2D eigenvalue weighted by molar-refractivity contribution is -0.0515. The third-order valence-corrected chi connectivity index (χ3v) is 3.65. The summed E-state index contributed by atoms with van der Waals surface area (Å²) >= 11 is 0. The minimum absolute atomic E-state index is 0. The van der Waals surface area contributed by atoms with Crippen LogP contribution in [0.3, 0.4) is 0 Å². The van der Waals surface area contributed by atoms with Crippen molar-refractivity contribution < 1.29 is 27.8 Å². The van der Waals surface area contributed by atoms with E-state index in [0.717, 1.165) is 12.8 Å². The largest absolute Gasteiger partial charge is 0.489 e. The highest BCUT2D eigenvalue weighted by atomic mass is 35.5. The highest BCUT2D eigenvalue weighted by Crippen LogP contribution is 2.34. The van der Waals surface area contributed by atoms with Crippen LogP contribution in [0.15, 0.2) is 23.2 Å². The summed E-state index contributed by atoms with van der Waals surface area (Å²) in [5, 5.41) is 0. The lowest BCUT2D eigenvalue weighted by atomic mass is 10.2. The SMILES string of the molecule is Cl.NC(N)=NCCCCOC(=O)c1ccc(OC(F)F)c(OCC2CC2)c1. The first-order valence-electron chi connectivity index (χ1n) is 8.40. The van der Waals surface area contributed by atoms with Crippen LogP contribution in [0.1, 0.15) is 36.0 Å². The van der Waals surface area contributed by atoms with Gasteiger partial charge in [0.2, 0.25) is 0 Å². The van der Waals surface area contributed by atoms with Crippen molar-refractivity contribution in [3.8, 4) is 11.5 Å². The molecule has 0 atom stereocenters. The van der Waals surface area contributed by atoms with Crippen molar-refractivity contribution in [2.75, 3.05) is 19.8 Å². The number of nitrogens with two attached hydrogens (primary N) is 2. The summed E-state index contributed by atoms with van der Waals surface area (Å²) in [6.07, 6.45) is 3.36. The predicted molar refractivity (Wildman–Crippen MR) is 98.7 cm³/mol. The van der Waals surface area contributed by atoms with Gasteiger partial charge in [0.1, 0.15) is 0 Å². The molecule has 27 heavy (non-hydrogen) atoms. The molecule has 4 N–H and O–H groups in total. The second-order valence-corrected chi connectivity index (χ2v) is 5.94. The van der Waals surface area contributed by atoms with E-state index in [0.29, 0.717) is 31.9 Å². The number of alkyl halides is 2. The summed E-state index contributed by atoms with van der Waals surface area (Å²) in [6, 6.07) is 4.01. The van der Waals surface area contributed by atoms with Gasteiger partial charge in [-0.3, -0.25) is 4.99 Å². The molecule has 0 unspecified atom stereocenters. The summed E-state index contributed by atoms with van der Waals surface area (Å²) < 4.78 is 40.1. The average molecular weight is 408 g/mol. The molecule has 0 amide bonds. The number of hydrogen-bond donors (Lipinski definition) is 2. The molecular weight excluding hydrogens is 384 g/mol. The number of rotatable bonds is 11. The maximum absolute atomic E-state index is 12.5. The Morgan fingerprint density at radius 3 is 2.59 bits per heavy atom. The first-order chi connectivity index (χ1) is 12.5. The summed E-state index contributed by atoms with van der Waals surface area (Å²) in [4.78, 5) is 15.9. The smallest absolute Gasteiger partial charge is 0.387 e. The second kappa shape index (κ2) is 11.4. The van der Waals surface area contributed by atoms with Crippen molar-refractivity contribution in [2.24, 2.45) is 22.4 Å². The lowest BCUT2D eigenvalue weighted by Crippen LogP contribution is -2.23. The van der Waals surface area contributed by atoms with E-state index in [1.807, 2.05) is 0 Å². The van der Waals surface area contributed by atoms with Gasteiger partial charge in [-0.25, -0.2) is 4.79 Å². The third kappa shape index (κ3) is 8.76. The Balaban J connectivity index is 0.00000364. The number of benzene rings is 1. The highest BCUT2D eigenvalue weighted by molar-refractivity contribution is 5.90. The summed E-state index contributed by atoms with van der Waals surface area (Å²) in [6.45, 7) is -1.91. The second-order valence-electron chi connectivity index (χ2n) is 5.94. The van der Waals surface area contributed by atoms with E-state index < -0.39 is 12.6 Å². The Kier molecular flexibility index (Phi) is 9.63. The maximum Gasteiger partial charge on any atom is 0.387 e. The summed E-state index contributed by atoms with van der Waals surface area (Å²) in [7, 11) is 0. The van der Waals surface area contributed by atoms with Crippen molar-refractivity contribution in [1.82, 2.24) is 0 Å². The van der Waals surface area contributed by atoms with Gasteiger partial charge in [0.25, 0.3) is 0 Å².